The number of benzene rings is 6. The highest BCUT2D eigenvalue weighted by Crippen LogP contribution is 2.41. The zero-order valence-corrected chi connectivity index (χ0v) is 25.8. The van der Waals surface area contributed by atoms with Gasteiger partial charge in [-0.3, -0.25) is 0 Å². The van der Waals surface area contributed by atoms with Crippen molar-refractivity contribution in [3.8, 4) is 21.1 Å². The summed E-state index contributed by atoms with van der Waals surface area (Å²) in [5, 5.41) is 4.67. The molecule has 0 bridgehead atoms. The van der Waals surface area contributed by atoms with Crippen molar-refractivity contribution in [3.63, 3.8) is 0 Å². The van der Waals surface area contributed by atoms with Gasteiger partial charge >= 0.3 is 0 Å². The first kappa shape index (κ1) is 25.6. The van der Waals surface area contributed by atoms with Crippen molar-refractivity contribution in [3.05, 3.63) is 140 Å². The number of para-hydroxylation sites is 2. The van der Waals surface area contributed by atoms with Gasteiger partial charge in [0, 0.05) is 48.4 Å². The van der Waals surface area contributed by atoms with Crippen molar-refractivity contribution in [2.75, 3.05) is 4.90 Å². The summed E-state index contributed by atoms with van der Waals surface area (Å²) >= 11 is 5.32. The van der Waals surface area contributed by atoms with E-state index in [9.17, 15) is 0 Å². The molecule has 0 aliphatic heterocycles. The summed E-state index contributed by atoms with van der Waals surface area (Å²) in [6, 6.07) is 49.5. The molecule has 9 aromatic rings. The van der Waals surface area contributed by atoms with Crippen LogP contribution in [0.1, 0.15) is 0 Å². The molecular formula is C38H23N3S3. The number of thiazole rings is 2. The molecule has 0 fully saturated rings. The van der Waals surface area contributed by atoms with E-state index in [0.29, 0.717) is 0 Å². The molecule has 6 heteroatoms. The fourth-order valence-corrected chi connectivity index (χ4v) is 8.84. The minimum Gasteiger partial charge on any atom is -0.310 e. The number of hydrogen-bond acceptors (Lipinski definition) is 6. The van der Waals surface area contributed by atoms with E-state index in [1.54, 1.807) is 22.7 Å². The zero-order valence-electron chi connectivity index (χ0n) is 23.3. The SMILES string of the molecule is c1ccc(N(c2ccccc2)c2ccc3nc(-c4ccc5sc(-c6ccc7sc8ccccc8c7c6)nc5c4)sc3c2)cc1. The van der Waals surface area contributed by atoms with Gasteiger partial charge in [0.1, 0.15) is 10.0 Å². The first-order valence-corrected chi connectivity index (χ1v) is 16.9. The summed E-state index contributed by atoms with van der Waals surface area (Å²) in [6.07, 6.45) is 0. The average molecular weight is 618 g/mol. The van der Waals surface area contributed by atoms with Gasteiger partial charge in [0.2, 0.25) is 0 Å². The van der Waals surface area contributed by atoms with Crippen molar-refractivity contribution in [2.45, 2.75) is 0 Å². The van der Waals surface area contributed by atoms with Gasteiger partial charge in [-0.1, -0.05) is 66.7 Å². The van der Waals surface area contributed by atoms with E-state index in [2.05, 4.69) is 144 Å². The van der Waals surface area contributed by atoms with Crippen LogP contribution in [0, 0.1) is 0 Å². The molecule has 0 radical (unpaired) electrons. The number of thiophene rings is 1. The van der Waals surface area contributed by atoms with Crippen LogP contribution in [0.3, 0.4) is 0 Å². The van der Waals surface area contributed by atoms with Crippen LogP contribution >= 0.6 is 34.0 Å². The van der Waals surface area contributed by atoms with E-state index in [1.807, 2.05) is 11.3 Å². The number of anilines is 3. The summed E-state index contributed by atoms with van der Waals surface area (Å²) in [5.74, 6) is 0. The Morgan fingerprint density at radius 3 is 1.77 bits per heavy atom. The lowest BCUT2D eigenvalue weighted by Crippen LogP contribution is -2.09. The summed E-state index contributed by atoms with van der Waals surface area (Å²) in [5.41, 5.74) is 7.64. The molecule has 3 nitrogen and oxygen atoms in total. The molecule has 0 N–H and O–H groups in total. The van der Waals surface area contributed by atoms with Crippen molar-refractivity contribution < 1.29 is 0 Å². The number of fused-ring (bicyclic) bond motifs is 5. The van der Waals surface area contributed by atoms with E-state index in [0.717, 1.165) is 53.9 Å². The Morgan fingerprint density at radius 2 is 1.00 bits per heavy atom. The Kier molecular flexibility index (Phi) is 6.04. The van der Waals surface area contributed by atoms with Crippen LogP contribution < -0.4 is 4.90 Å². The largest absolute Gasteiger partial charge is 0.310 e. The molecule has 9 rings (SSSR count). The molecule has 0 amide bonds. The number of aromatic nitrogens is 2. The number of hydrogen-bond donors (Lipinski definition) is 0. The first-order chi connectivity index (χ1) is 21.8. The van der Waals surface area contributed by atoms with Crippen LogP contribution in [0.5, 0.6) is 0 Å². The van der Waals surface area contributed by atoms with Gasteiger partial charge in [-0.2, -0.15) is 0 Å². The summed E-state index contributed by atoms with van der Waals surface area (Å²) < 4.78 is 4.98. The van der Waals surface area contributed by atoms with Crippen LogP contribution in [0.2, 0.25) is 0 Å². The highest BCUT2D eigenvalue weighted by molar-refractivity contribution is 7.26. The first-order valence-electron chi connectivity index (χ1n) is 14.4. The van der Waals surface area contributed by atoms with Crippen molar-refractivity contribution in [1.82, 2.24) is 9.97 Å². The van der Waals surface area contributed by atoms with E-state index in [-0.39, 0.29) is 0 Å². The molecule has 3 heterocycles. The fourth-order valence-electron chi connectivity index (χ4n) is 5.82. The monoisotopic (exact) mass is 617 g/mol. The second-order valence-corrected chi connectivity index (χ2v) is 13.8. The second-order valence-electron chi connectivity index (χ2n) is 10.7. The van der Waals surface area contributed by atoms with Gasteiger partial charge in [-0.25, -0.2) is 9.97 Å². The lowest BCUT2D eigenvalue weighted by Gasteiger charge is -2.25. The molecule has 0 aliphatic rings. The summed E-state index contributed by atoms with van der Waals surface area (Å²) in [6.45, 7) is 0. The van der Waals surface area contributed by atoms with Crippen LogP contribution in [-0.2, 0) is 0 Å². The van der Waals surface area contributed by atoms with Gasteiger partial charge < -0.3 is 4.90 Å². The minimum atomic E-state index is 1.00. The lowest BCUT2D eigenvalue weighted by molar-refractivity contribution is 1.29. The quantitative estimate of drug-likeness (QED) is 0.192. The Hall–Kier alpha value is -4.88. The highest BCUT2D eigenvalue weighted by Gasteiger charge is 2.16. The Bertz CT molecular complexity index is 2420. The molecule has 0 atom stereocenters. The third kappa shape index (κ3) is 4.38. The molecule has 44 heavy (non-hydrogen) atoms. The zero-order chi connectivity index (χ0) is 29.0. The van der Waals surface area contributed by atoms with Gasteiger partial charge in [0.15, 0.2) is 0 Å². The van der Waals surface area contributed by atoms with Gasteiger partial charge in [0.05, 0.1) is 20.4 Å². The van der Waals surface area contributed by atoms with E-state index >= 15 is 0 Å². The van der Waals surface area contributed by atoms with Crippen molar-refractivity contribution >= 4 is 91.7 Å². The van der Waals surface area contributed by atoms with Crippen LogP contribution in [0.15, 0.2) is 140 Å². The highest BCUT2D eigenvalue weighted by atomic mass is 32.1. The summed E-state index contributed by atoms with van der Waals surface area (Å²) in [4.78, 5) is 12.4. The molecule has 0 aliphatic carbocycles. The van der Waals surface area contributed by atoms with Crippen LogP contribution in [0.25, 0.3) is 61.7 Å². The molecule has 0 unspecified atom stereocenters. The maximum absolute atomic E-state index is 5.09. The van der Waals surface area contributed by atoms with Gasteiger partial charge in [0.25, 0.3) is 0 Å². The predicted octanol–water partition coefficient (Wildman–Crippen LogP) is 12.1. The minimum absolute atomic E-state index is 1.00. The Morgan fingerprint density at radius 1 is 0.386 bits per heavy atom. The second kappa shape index (κ2) is 10.4. The maximum atomic E-state index is 5.09. The van der Waals surface area contributed by atoms with E-state index in [1.165, 1.54) is 24.9 Å². The molecule has 0 spiro atoms. The Labute approximate surface area is 266 Å². The normalized spacial score (nSPS) is 11.6. The maximum Gasteiger partial charge on any atom is 0.124 e. The third-order valence-corrected chi connectivity index (χ3v) is 11.2. The molecule has 0 saturated carbocycles. The van der Waals surface area contributed by atoms with E-state index < -0.39 is 0 Å². The standard InChI is InChI=1S/C38H23N3S3/c1-3-9-26(10-4-1)41(27-11-5-2-6-12-27)28-17-18-31-36(23-28)44-38(39-31)25-16-20-35-32(22-25)40-37(43-35)24-15-19-34-30(21-24)29-13-7-8-14-33(29)42-34/h1-23H. The van der Waals surface area contributed by atoms with E-state index in [4.69, 9.17) is 9.97 Å². The number of nitrogens with zero attached hydrogens (tertiary/aromatic N) is 3. The predicted molar refractivity (Wildman–Crippen MR) is 191 cm³/mol. The van der Waals surface area contributed by atoms with Crippen LogP contribution in [-0.4, -0.2) is 9.97 Å². The van der Waals surface area contributed by atoms with Crippen molar-refractivity contribution in [1.29, 1.82) is 0 Å². The third-order valence-electron chi connectivity index (χ3n) is 7.92. The molecule has 6 aromatic carbocycles. The average Bonchev–Trinajstić information content (AvgIpc) is 3.80. The fraction of sp³-hybridized carbons (Fsp3) is 0. The molecule has 0 saturated heterocycles. The number of rotatable bonds is 5. The topological polar surface area (TPSA) is 29.0 Å². The van der Waals surface area contributed by atoms with Crippen molar-refractivity contribution in [2.24, 2.45) is 0 Å². The Balaban J connectivity index is 1.08. The molecular weight excluding hydrogens is 595 g/mol. The molecule has 3 aromatic heterocycles. The van der Waals surface area contributed by atoms with Gasteiger partial charge in [-0.05, 0) is 72.8 Å². The molecule has 208 valence electrons. The van der Waals surface area contributed by atoms with Crippen LogP contribution in [0.4, 0.5) is 17.1 Å². The van der Waals surface area contributed by atoms with Gasteiger partial charge in [-0.15, -0.1) is 34.0 Å². The smallest absolute Gasteiger partial charge is 0.124 e. The lowest BCUT2D eigenvalue weighted by atomic mass is 10.1. The summed E-state index contributed by atoms with van der Waals surface area (Å²) in [7, 11) is 0.